The van der Waals surface area contributed by atoms with E-state index >= 15 is 0 Å². The molecule has 0 aliphatic rings. The third kappa shape index (κ3) is 5.32. The lowest BCUT2D eigenvalue weighted by atomic mass is 10.1. The summed E-state index contributed by atoms with van der Waals surface area (Å²) in [5.74, 6) is 0.463. The van der Waals surface area contributed by atoms with Gasteiger partial charge in [-0.2, -0.15) is 0 Å². The van der Waals surface area contributed by atoms with Crippen LogP contribution in [0.3, 0.4) is 0 Å². The summed E-state index contributed by atoms with van der Waals surface area (Å²) in [6.07, 6.45) is 0.993. The van der Waals surface area contributed by atoms with E-state index in [0.717, 1.165) is 12.0 Å². The molecule has 128 valence electrons. The number of benzene rings is 2. The molecule has 2 N–H and O–H groups in total. The molecule has 0 saturated heterocycles. The number of amides is 2. The molecule has 0 fully saturated rings. The molecule has 2 aromatic carbocycles. The molecule has 0 heterocycles. The number of hydrogen-bond acceptors (Lipinski definition) is 2. The Balaban J connectivity index is 1.79. The summed E-state index contributed by atoms with van der Waals surface area (Å²) in [6.45, 7) is 4.04. The van der Waals surface area contributed by atoms with E-state index in [9.17, 15) is 4.79 Å². The lowest BCUT2D eigenvalue weighted by Crippen LogP contribution is -2.38. The fourth-order valence-electron chi connectivity index (χ4n) is 2.14. The molecular formula is C18H20Cl2N2O2. The Morgan fingerprint density at radius 3 is 2.50 bits per heavy atom. The number of aryl methyl sites for hydroxylation is 1. The number of halogens is 2. The second kappa shape index (κ2) is 8.81. The summed E-state index contributed by atoms with van der Waals surface area (Å²) in [6, 6.07) is 12.7. The van der Waals surface area contributed by atoms with E-state index in [4.69, 9.17) is 27.9 Å². The largest absolute Gasteiger partial charge is 0.472 e. The van der Waals surface area contributed by atoms with Gasteiger partial charge in [0, 0.05) is 5.02 Å². The Morgan fingerprint density at radius 2 is 1.88 bits per heavy atom. The molecule has 0 aliphatic carbocycles. The second-order valence-electron chi connectivity index (χ2n) is 5.33. The maximum Gasteiger partial charge on any atom is 0.317 e. The van der Waals surface area contributed by atoms with Crippen LogP contribution in [0.15, 0.2) is 42.5 Å². The zero-order valence-electron chi connectivity index (χ0n) is 13.6. The van der Waals surface area contributed by atoms with Crippen molar-refractivity contribution in [3.63, 3.8) is 0 Å². The smallest absolute Gasteiger partial charge is 0.317 e. The van der Waals surface area contributed by atoms with Gasteiger partial charge in [0.2, 0.25) is 0 Å². The SMILES string of the molecule is CCc1ccc(C(C)NC(=O)NCOc2ccc(Cl)cc2Cl)cc1. The molecule has 2 amide bonds. The number of hydrogen-bond donors (Lipinski definition) is 2. The zero-order valence-corrected chi connectivity index (χ0v) is 15.1. The lowest BCUT2D eigenvalue weighted by Gasteiger charge is -2.16. The van der Waals surface area contributed by atoms with E-state index in [-0.39, 0.29) is 18.8 Å². The van der Waals surface area contributed by atoms with Crippen molar-refractivity contribution in [2.75, 3.05) is 6.73 Å². The van der Waals surface area contributed by atoms with E-state index in [2.05, 4.69) is 29.7 Å². The van der Waals surface area contributed by atoms with Crippen LogP contribution in [0.2, 0.25) is 10.0 Å². The first kappa shape index (κ1) is 18.4. The van der Waals surface area contributed by atoms with Gasteiger partial charge in [0.05, 0.1) is 11.1 Å². The first-order valence-corrected chi connectivity index (χ1v) is 8.46. The van der Waals surface area contributed by atoms with Crippen LogP contribution in [0.5, 0.6) is 5.75 Å². The van der Waals surface area contributed by atoms with E-state index < -0.39 is 0 Å². The van der Waals surface area contributed by atoms with Crippen LogP contribution in [-0.2, 0) is 6.42 Å². The van der Waals surface area contributed by atoms with Crippen molar-refractivity contribution in [3.05, 3.63) is 63.6 Å². The average molecular weight is 367 g/mol. The highest BCUT2D eigenvalue weighted by Crippen LogP contribution is 2.27. The zero-order chi connectivity index (χ0) is 17.5. The quantitative estimate of drug-likeness (QED) is 0.710. The molecule has 0 aliphatic heterocycles. The van der Waals surface area contributed by atoms with E-state index in [1.54, 1.807) is 18.2 Å². The molecule has 1 unspecified atom stereocenters. The van der Waals surface area contributed by atoms with Gasteiger partial charge in [-0.25, -0.2) is 4.79 Å². The van der Waals surface area contributed by atoms with Gasteiger partial charge in [-0.1, -0.05) is 54.4 Å². The molecule has 0 spiro atoms. The molecule has 0 bridgehead atoms. The van der Waals surface area contributed by atoms with Gasteiger partial charge in [-0.05, 0) is 42.7 Å². The maximum absolute atomic E-state index is 11.9. The first-order valence-electron chi connectivity index (χ1n) is 7.70. The van der Waals surface area contributed by atoms with Crippen LogP contribution >= 0.6 is 23.2 Å². The van der Waals surface area contributed by atoms with Gasteiger partial charge in [0.15, 0.2) is 6.73 Å². The standard InChI is InChI=1S/C18H20Cl2N2O2/c1-3-13-4-6-14(7-5-13)12(2)22-18(23)21-11-24-17-9-8-15(19)10-16(17)20/h4-10,12H,3,11H2,1-2H3,(H2,21,22,23). The van der Waals surface area contributed by atoms with E-state index in [1.165, 1.54) is 5.56 Å². The minimum absolute atomic E-state index is 0.00861. The normalized spacial score (nSPS) is 11.7. The van der Waals surface area contributed by atoms with Gasteiger partial charge < -0.3 is 15.4 Å². The van der Waals surface area contributed by atoms with Crippen molar-refractivity contribution in [3.8, 4) is 5.75 Å². The van der Waals surface area contributed by atoms with Crippen LogP contribution in [0.4, 0.5) is 4.79 Å². The highest BCUT2D eigenvalue weighted by Gasteiger charge is 2.09. The van der Waals surface area contributed by atoms with Crippen molar-refractivity contribution in [1.82, 2.24) is 10.6 Å². The molecule has 6 heteroatoms. The first-order chi connectivity index (χ1) is 11.5. The Labute approximate surface area is 152 Å². The monoisotopic (exact) mass is 366 g/mol. The maximum atomic E-state index is 11.9. The third-order valence-corrected chi connectivity index (χ3v) is 4.12. The van der Waals surface area contributed by atoms with Crippen molar-refractivity contribution >= 4 is 29.2 Å². The van der Waals surface area contributed by atoms with Crippen LogP contribution < -0.4 is 15.4 Å². The van der Waals surface area contributed by atoms with Gasteiger partial charge in [0.1, 0.15) is 5.75 Å². The molecular weight excluding hydrogens is 347 g/mol. The molecule has 1 atom stereocenters. The second-order valence-corrected chi connectivity index (χ2v) is 6.17. The van der Waals surface area contributed by atoms with Crippen LogP contribution in [0.1, 0.15) is 31.0 Å². The van der Waals surface area contributed by atoms with Gasteiger partial charge in [-0.15, -0.1) is 0 Å². The Bertz CT molecular complexity index is 690. The van der Waals surface area contributed by atoms with Crippen LogP contribution in [0.25, 0.3) is 0 Å². The molecule has 24 heavy (non-hydrogen) atoms. The summed E-state index contributed by atoms with van der Waals surface area (Å²) < 4.78 is 5.42. The molecule has 2 rings (SSSR count). The molecule has 2 aromatic rings. The number of rotatable bonds is 6. The van der Waals surface area contributed by atoms with Crippen molar-refractivity contribution in [1.29, 1.82) is 0 Å². The fourth-order valence-corrected chi connectivity index (χ4v) is 2.61. The van der Waals surface area contributed by atoms with Crippen molar-refractivity contribution in [2.45, 2.75) is 26.3 Å². The minimum Gasteiger partial charge on any atom is -0.472 e. The molecule has 0 aromatic heterocycles. The molecule has 0 saturated carbocycles. The van der Waals surface area contributed by atoms with Crippen molar-refractivity contribution in [2.24, 2.45) is 0 Å². The van der Waals surface area contributed by atoms with Crippen LogP contribution in [-0.4, -0.2) is 12.8 Å². The summed E-state index contributed by atoms with van der Waals surface area (Å²) in [5, 5.41) is 6.42. The fraction of sp³-hybridized carbons (Fsp3) is 0.278. The predicted octanol–water partition coefficient (Wildman–Crippen LogP) is 4.95. The molecule has 4 nitrogen and oxygen atoms in total. The summed E-state index contributed by atoms with van der Waals surface area (Å²) in [7, 11) is 0. The van der Waals surface area contributed by atoms with E-state index in [0.29, 0.717) is 15.8 Å². The Morgan fingerprint density at radius 1 is 1.17 bits per heavy atom. The topological polar surface area (TPSA) is 50.4 Å². The number of nitrogens with one attached hydrogen (secondary N) is 2. The van der Waals surface area contributed by atoms with Gasteiger partial charge >= 0.3 is 6.03 Å². The van der Waals surface area contributed by atoms with Gasteiger partial charge in [0.25, 0.3) is 0 Å². The third-order valence-electron chi connectivity index (χ3n) is 3.59. The lowest BCUT2D eigenvalue weighted by molar-refractivity contribution is 0.221. The Hall–Kier alpha value is -1.91. The number of ether oxygens (including phenoxy) is 1. The summed E-state index contributed by atoms with van der Waals surface area (Å²) >= 11 is 11.8. The average Bonchev–Trinajstić information content (AvgIpc) is 2.57. The highest BCUT2D eigenvalue weighted by atomic mass is 35.5. The minimum atomic E-state index is -0.313. The van der Waals surface area contributed by atoms with Gasteiger partial charge in [-0.3, -0.25) is 0 Å². The summed E-state index contributed by atoms with van der Waals surface area (Å²) in [5.41, 5.74) is 2.31. The summed E-state index contributed by atoms with van der Waals surface area (Å²) in [4.78, 5) is 11.9. The van der Waals surface area contributed by atoms with Crippen molar-refractivity contribution < 1.29 is 9.53 Å². The Kier molecular flexibility index (Phi) is 6.76. The molecule has 0 radical (unpaired) electrons. The highest BCUT2D eigenvalue weighted by molar-refractivity contribution is 6.35. The number of urea groups is 1. The number of carbonyl (C=O) groups excluding carboxylic acids is 1. The van der Waals surface area contributed by atoms with E-state index in [1.807, 2.05) is 19.1 Å². The predicted molar refractivity (Wildman–Crippen MR) is 97.9 cm³/mol. The van der Waals surface area contributed by atoms with Crippen LogP contribution in [0, 0.1) is 0 Å². The number of carbonyl (C=O) groups is 1.